The largest absolute Gasteiger partial charge is 0.340 e. The highest BCUT2D eigenvalue weighted by atomic mass is 16.2. The van der Waals surface area contributed by atoms with Crippen molar-refractivity contribution in [1.82, 2.24) is 14.9 Å². The fourth-order valence-electron chi connectivity index (χ4n) is 1.07. The maximum Gasteiger partial charge on any atom is 0.325 e. The van der Waals surface area contributed by atoms with Crippen LogP contribution in [0.2, 0.25) is 0 Å². The smallest absolute Gasteiger partial charge is 0.325 e. The van der Waals surface area contributed by atoms with Gasteiger partial charge in [0.05, 0.1) is 0 Å². The van der Waals surface area contributed by atoms with Crippen LogP contribution in [0.1, 0.15) is 10.4 Å². The number of nitrogens with zero attached hydrogens (tertiary/aromatic N) is 1. The highest BCUT2D eigenvalue weighted by molar-refractivity contribution is 5.93. The minimum absolute atomic E-state index is 0.106. The monoisotopic (exact) mass is 212 g/mol. The fraction of sp³-hybridized carbons (Fsp3) is 0.375. The van der Waals surface area contributed by atoms with E-state index in [1.54, 1.807) is 0 Å². The SMILES string of the molecule is CN(CCN)C(=O)c1c[nH]c(=O)[nH]c1=O. The Bertz CT molecular complexity index is 461. The van der Waals surface area contributed by atoms with Crippen molar-refractivity contribution in [3.63, 3.8) is 0 Å². The Kier molecular flexibility index (Phi) is 3.40. The number of carbonyl (C=O) groups is 1. The Morgan fingerprint density at radius 2 is 2.20 bits per heavy atom. The van der Waals surface area contributed by atoms with Gasteiger partial charge in [-0.25, -0.2) is 4.79 Å². The van der Waals surface area contributed by atoms with Crippen LogP contribution < -0.4 is 17.0 Å². The quantitative estimate of drug-likeness (QED) is 0.542. The predicted octanol–water partition coefficient (Wildman–Crippen LogP) is -1.91. The third-order valence-corrected chi connectivity index (χ3v) is 1.86. The Hall–Kier alpha value is -1.89. The average molecular weight is 212 g/mol. The molecule has 0 fully saturated rings. The first-order valence-corrected chi connectivity index (χ1v) is 4.34. The molecule has 1 amide bonds. The van der Waals surface area contributed by atoms with Crippen molar-refractivity contribution in [3.05, 3.63) is 32.6 Å². The molecule has 1 rings (SSSR count). The van der Waals surface area contributed by atoms with Gasteiger partial charge in [-0.15, -0.1) is 0 Å². The van der Waals surface area contributed by atoms with Gasteiger partial charge in [-0.3, -0.25) is 14.6 Å². The van der Waals surface area contributed by atoms with Gasteiger partial charge in [-0.05, 0) is 0 Å². The summed E-state index contributed by atoms with van der Waals surface area (Å²) in [6.45, 7) is 0.654. The van der Waals surface area contributed by atoms with E-state index < -0.39 is 17.2 Å². The Morgan fingerprint density at radius 1 is 1.53 bits per heavy atom. The summed E-state index contributed by atoms with van der Waals surface area (Å²) in [4.78, 5) is 39.0. The van der Waals surface area contributed by atoms with E-state index in [1.807, 2.05) is 4.98 Å². The summed E-state index contributed by atoms with van der Waals surface area (Å²) < 4.78 is 0. The summed E-state index contributed by atoms with van der Waals surface area (Å²) in [5.74, 6) is -0.474. The molecule has 0 saturated heterocycles. The molecule has 1 aromatic rings. The number of amides is 1. The van der Waals surface area contributed by atoms with Gasteiger partial charge in [0.1, 0.15) is 5.56 Å². The Balaban J connectivity index is 3.02. The van der Waals surface area contributed by atoms with E-state index in [-0.39, 0.29) is 5.56 Å². The molecule has 0 aromatic carbocycles. The van der Waals surface area contributed by atoms with Crippen LogP contribution in [0, 0.1) is 0 Å². The zero-order chi connectivity index (χ0) is 11.4. The Morgan fingerprint density at radius 3 is 2.73 bits per heavy atom. The highest BCUT2D eigenvalue weighted by Gasteiger charge is 2.14. The number of aromatic nitrogens is 2. The Labute approximate surface area is 84.9 Å². The number of aromatic amines is 2. The van der Waals surface area contributed by atoms with Gasteiger partial charge in [0.2, 0.25) is 0 Å². The van der Waals surface area contributed by atoms with E-state index in [4.69, 9.17) is 5.73 Å². The second kappa shape index (κ2) is 4.56. The van der Waals surface area contributed by atoms with E-state index in [9.17, 15) is 14.4 Å². The van der Waals surface area contributed by atoms with Gasteiger partial charge < -0.3 is 15.6 Å². The normalized spacial score (nSPS) is 10.0. The molecule has 0 spiro atoms. The lowest BCUT2D eigenvalue weighted by atomic mass is 10.3. The second-order valence-corrected chi connectivity index (χ2v) is 3.00. The van der Waals surface area contributed by atoms with E-state index in [0.29, 0.717) is 13.1 Å². The van der Waals surface area contributed by atoms with Crippen molar-refractivity contribution >= 4 is 5.91 Å². The third-order valence-electron chi connectivity index (χ3n) is 1.86. The number of rotatable bonds is 3. The van der Waals surface area contributed by atoms with Crippen LogP contribution in [0.15, 0.2) is 15.8 Å². The van der Waals surface area contributed by atoms with Gasteiger partial charge in [-0.1, -0.05) is 0 Å². The van der Waals surface area contributed by atoms with Gasteiger partial charge in [0.15, 0.2) is 0 Å². The molecule has 1 aromatic heterocycles. The lowest BCUT2D eigenvalue weighted by molar-refractivity contribution is 0.0796. The van der Waals surface area contributed by atoms with Crippen LogP contribution in [0.5, 0.6) is 0 Å². The zero-order valence-corrected chi connectivity index (χ0v) is 8.24. The number of likely N-dealkylation sites (N-methyl/N-ethyl adjacent to an activating group) is 1. The molecule has 0 radical (unpaired) electrons. The standard InChI is InChI=1S/C8H12N4O3/c1-12(3-2-9)7(14)5-4-10-8(15)11-6(5)13/h4H,2-3,9H2,1H3,(H2,10,11,13,15). The summed E-state index contributed by atoms with van der Waals surface area (Å²) in [5, 5.41) is 0. The molecule has 4 N–H and O–H groups in total. The van der Waals surface area contributed by atoms with E-state index in [2.05, 4.69) is 4.98 Å². The van der Waals surface area contributed by atoms with Crippen LogP contribution in [-0.2, 0) is 0 Å². The van der Waals surface area contributed by atoms with Crippen molar-refractivity contribution in [2.24, 2.45) is 5.73 Å². The van der Waals surface area contributed by atoms with Crippen LogP contribution in [-0.4, -0.2) is 40.9 Å². The molecule has 7 heteroatoms. The topological polar surface area (TPSA) is 112 Å². The van der Waals surface area contributed by atoms with Gasteiger partial charge >= 0.3 is 5.69 Å². The summed E-state index contributed by atoms with van der Waals surface area (Å²) in [6, 6.07) is 0. The average Bonchev–Trinajstić information content (AvgIpc) is 2.17. The molecule has 0 saturated carbocycles. The predicted molar refractivity (Wildman–Crippen MR) is 53.7 cm³/mol. The van der Waals surface area contributed by atoms with Crippen molar-refractivity contribution < 1.29 is 4.79 Å². The van der Waals surface area contributed by atoms with E-state index in [1.165, 1.54) is 11.9 Å². The van der Waals surface area contributed by atoms with E-state index in [0.717, 1.165) is 6.20 Å². The molecular formula is C8H12N4O3. The maximum atomic E-state index is 11.6. The van der Waals surface area contributed by atoms with Crippen molar-refractivity contribution in [3.8, 4) is 0 Å². The molecule has 0 aliphatic rings. The first-order chi connectivity index (χ1) is 7.06. The molecular weight excluding hydrogens is 200 g/mol. The number of carbonyl (C=O) groups excluding carboxylic acids is 1. The van der Waals surface area contributed by atoms with Gasteiger partial charge in [-0.2, -0.15) is 0 Å². The summed E-state index contributed by atoms with van der Waals surface area (Å²) >= 11 is 0. The molecule has 0 aliphatic carbocycles. The van der Waals surface area contributed by atoms with Crippen molar-refractivity contribution in [2.45, 2.75) is 0 Å². The number of hydrogen-bond acceptors (Lipinski definition) is 4. The summed E-state index contributed by atoms with van der Waals surface area (Å²) in [7, 11) is 1.53. The van der Waals surface area contributed by atoms with Crippen LogP contribution >= 0.6 is 0 Å². The van der Waals surface area contributed by atoms with Crippen molar-refractivity contribution in [1.29, 1.82) is 0 Å². The molecule has 15 heavy (non-hydrogen) atoms. The second-order valence-electron chi connectivity index (χ2n) is 3.00. The van der Waals surface area contributed by atoms with Gasteiger partial charge in [0, 0.05) is 26.3 Å². The minimum atomic E-state index is -0.701. The summed E-state index contributed by atoms with van der Waals surface area (Å²) in [6.07, 6.45) is 1.09. The summed E-state index contributed by atoms with van der Waals surface area (Å²) in [5.41, 5.74) is 3.82. The number of nitrogens with one attached hydrogen (secondary N) is 2. The van der Waals surface area contributed by atoms with Gasteiger partial charge in [0.25, 0.3) is 11.5 Å². The molecule has 1 heterocycles. The molecule has 0 bridgehead atoms. The molecule has 0 aliphatic heterocycles. The van der Waals surface area contributed by atoms with Crippen LogP contribution in [0.25, 0.3) is 0 Å². The maximum absolute atomic E-state index is 11.6. The van der Waals surface area contributed by atoms with E-state index >= 15 is 0 Å². The molecule has 0 unspecified atom stereocenters. The first-order valence-electron chi connectivity index (χ1n) is 4.34. The minimum Gasteiger partial charge on any atom is -0.340 e. The number of nitrogens with two attached hydrogens (primary N) is 1. The molecule has 7 nitrogen and oxygen atoms in total. The fourth-order valence-corrected chi connectivity index (χ4v) is 1.07. The van der Waals surface area contributed by atoms with Crippen molar-refractivity contribution in [2.75, 3.05) is 20.1 Å². The number of H-pyrrole nitrogens is 2. The molecule has 82 valence electrons. The van der Waals surface area contributed by atoms with Crippen LogP contribution in [0.4, 0.5) is 0 Å². The zero-order valence-electron chi connectivity index (χ0n) is 8.24. The lowest BCUT2D eigenvalue weighted by Crippen LogP contribution is -2.37. The number of hydrogen-bond donors (Lipinski definition) is 3. The third kappa shape index (κ3) is 2.53. The highest BCUT2D eigenvalue weighted by Crippen LogP contribution is 1.92. The lowest BCUT2D eigenvalue weighted by Gasteiger charge is -2.14. The molecule has 0 atom stereocenters. The van der Waals surface area contributed by atoms with Crippen LogP contribution in [0.3, 0.4) is 0 Å². The first kappa shape index (κ1) is 11.2.